The van der Waals surface area contributed by atoms with E-state index < -0.39 is 11.6 Å². The summed E-state index contributed by atoms with van der Waals surface area (Å²) >= 11 is 5.78. The minimum absolute atomic E-state index is 0.212. The Hall–Kier alpha value is -3.59. The van der Waals surface area contributed by atoms with Gasteiger partial charge in [0.05, 0.1) is 12.8 Å². The van der Waals surface area contributed by atoms with Gasteiger partial charge in [-0.1, -0.05) is 18.5 Å². The van der Waals surface area contributed by atoms with Crippen molar-refractivity contribution in [1.29, 1.82) is 0 Å². The van der Waals surface area contributed by atoms with Crippen molar-refractivity contribution in [3.8, 4) is 11.4 Å². The summed E-state index contributed by atoms with van der Waals surface area (Å²) in [5.41, 5.74) is 1.56. The zero-order valence-corrected chi connectivity index (χ0v) is 19.6. The van der Waals surface area contributed by atoms with Crippen molar-refractivity contribution >= 4 is 31.1 Å². The highest BCUT2D eigenvalue weighted by Gasteiger charge is 2.14. The minimum atomic E-state index is -0.674. The second-order valence-electron chi connectivity index (χ2n) is 6.09. The first kappa shape index (κ1) is 29.4. The number of carbonyl (C=O) groups is 3. The van der Waals surface area contributed by atoms with E-state index >= 15 is 0 Å². The highest BCUT2D eigenvalue weighted by molar-refractivity contribution is 6.31. The van der Waals surface area contributed by atoms with Crippen LogP contribution in [0.15, 0.2) is 42.6 Å². The van der Waals surface area contributed by atoms with Crippen LogP contribution in [0.3, 0.4) is 0 Å². The third-order valence-electron chi connectivity index (χ3n) is 4.05. The Balaban J connectivity index is 0.000000617. The molecule has 178 valence electrons. The number of benzene rings is 2. The summed E-state index contributed by atoms with van der Waals surface area (Å²) in [5, 5.41) is 3.24. The lowest BCUT2D eigenvalue weighted by Gasteiger charge is -2.06. The topological polar surface area (TPSA) is 90.3 Å². The van der Waals surface area contributed by atoms with E-state index in [0.29, 0.717) is 17.9 Å². The Labute approximate surface area is 196 Å². The van der Waals surface area contributed by atoms with Crippen LogP contribution < -0.4 is 10.1 Å². The van der Waals surface area contributed by atoms with Crippen molar-refractivity contribution in [1.82, 2.24) is 14.9 Å². The van der Waals surface area contributed by atoms with Gasteiger partial charge in [0.25, 0.3) is 5.91 Å². The van der Waals surface area contributed by atoms with Gasteiger partial charge in [0.1, 0.15) is 42.5 Å². The molecule has 33 heavy (non-hydrogen) atoms. The average Bonchev–Trinajstić information content (AvgIpc) is 3.27. The molecule has 7 nitrogen and oxygen atoms in total. The van der Waals surface area contributed by atoms with Gasteiger partial charge < -0.3 is 24.2 Å². The van der Waals surface area contributed by atoms with Gasteiger partial charge in [0.2, 0.25) is 0 Å². The number of aromatic nitrogens is 2. The number of aryl methyl sites for hydroxylation is 2. The highest BCUT2D eigenvalue weighted by atomic mass is 35.5. The number of hydrogen-bond acceptors (Lipinski definition) is 5. The van der Waals surface area contributed by atoms with E-state index in [1.54, 1.807) is 7.11 Å². The average molecular weight is 482 g/mol. The van der Waals surface area contributed by atoms with E-state index in [1.165, 1.54) is 29.9 Å². The fourth-order valence-corrected chi connectivity index (χ4v) is 2.67. The zero-order chi connectivity index (χ0) is 25.6. The number of carbonyl (C=O) groups excluding carboxylic acids is 3. The predicted octanol–water partition coefficient (Wildman–Crippen LogP) is 4.36. The number of imidazole rings is 1. The predicted molar refractivity (Wildman–Crippen MR) is 123 cm³/mol. The number of rotatable bonds is 4. The molecule has 0 fully saturated rings. The number of hydrogen-bond donors (Lipinski definition) is 1. The van der Waals surface area contributed by atoms with E-state index in [1.807, 2.05) is 45.6 Å². The first-order valence-electron chi connectivity index (χ1n) is 9.43. The van der Waals surface area contributed by atoms with Crippen molar-refractivity contribution < 1.29 is 27.9 Å². The van der Waals surface area contributed by atoms with Gasteiger partial charge in [-0.25, -0.2) is 13.8 Å². The molecule has 0 aliphatic rings. The van der Waals surface area contributed by atoms with Crippen LogP contribution in [0.1, 0.15) is 28.8 Å². The number of nitrogens with one attached hydrogen (secondary N) is 1. The Bertz CT molecular complexity index is 1020. The van der Waals surface area contributed by atoms with Crippen LogP contribution in [0.2, 0.25) is 5.02 Å². The summed E-state index contributed by atoms with van der Waals surface area (Å²) in [7, 11) is 3.14. The molecular formula is C23H26ClF2N3O4. The molecule has 0 aliphatic heterocycles. The van der Waals surface area contributed by atoms with Crippen LogP contribution in [0.25, 0.3) is 5.69 Å². The van der Waals surface area contributed by atoms with Gasteiger partial charge in [0, 0.05) is 30.8 Å². The smallest absolute Gasteiger partial charge is 0.271 e. The lowest BCUT2D eigenvalue weighted by molar-refractivity contribution is -0.0987. The van der Waals surface area contributed by atoms with Crippen LogP contribution in [0, 0.1) is 18.6 Å². The van der Waals surface area contributed by atoms with Gasteiger partial charge in [-0.05, 0) is 42.8 Å². The van der Waals surface area contributed by atoms with Crippen LogP contribution >= 0.6 is 11.6 Å². The summed E-state index contributed by atoms with van der Waals surface area (Å²) in [6.45, 7) is 7.80. The quantitative estimate of drug-likeness (QED) is 0.598. The molecular weight excluding hydrogens is 456 g/mol. The maximum absolute atomic E-state index is 13.2. The largest absolute Gasteiger partial charge is 0.497 e. The summed E-state index contributed by atoms with van der Waals surface area (Å²) in [5.74, 6) is -0.282. The zero-order valence-electron chi connectivity index (χ0n) is 18.8. The lowest BCUT2D eigenvalue weighted by atomic mass is 10.2. The molecule has 1 heterocycles. The number of methoxy groups -OCH3 is 1. The molecule has 10 heteroatoms. The number of halogens is 3. The third-order valence-corrected chi connectivity index (χ3v) is 4.47. The van der Waals surface area contributed by atoms with Gasteiger partial charge in [-0.3, -0.25) is 4.79 Å². The molecule has 1 N–H and O–H groups in total. The van der Waals surface area contributed by atoms with E-state index in [-0.39, 0.29) is 11.6 Å². The SMILES string of the molecule is C=O.C=O.CCc1nc(C(=O)NC)cn1-c1cc(F)cc(F)c1.COc1ccc(Cl)c(C)c1. The Morgan fingerprint density at radius 3 is 2.15 bits per heavy atom. The molecule has 0 unspecified atom stereocenters. The van der Waals surface area contributed by atoms with Crippen LogP contribution in [-0.2, 0) is 16.0 Å². The maximum atomic E-state index is 13.2. The van der Waals surface area contributed by atoms with Gasteiger partial charge in [-0.15, -0.1) is 0 Å². The Kier molecular flexibility index (Phi) is 13.6. The normalized spacial score (nSPS) is 9.18. The molecule has 0 bridgehead atoms. The van der Waals surface area contributed by atoms with E-state index in [9.17, 15) is 13.6 Å². The summed E-state index contributed by atoms with van der Waals surface area (Å²) in [4.78, 5) is 31.7. The second kappa shape index (κ2) is 15.3. The molecule has 1 amide bonds. The van der Waals surface area contributed by atoms with E-state index in [0.717, 1.165) is 22.4 Å². The molecule has 0 atom stereocenters. The van der Waals surface area contributed by atoms with Crippen molar-refractivity contribution in [2.45, 2.75) is 20.3 Å². The maximum Gasteiger partial charge on any atom is 0.271 e. The monoisotopic (exact) mass is 481 g/mol. The first-order chi connectivity index (χ1) is 15.8. The third kappa shape index (κ3) is 8.82. The van der Waals surface area contributed by atoms with Gasteiger partial charge in [0.15, 0.2) is 0 Å². The standard InChI is InChI=1S/C13H13F2N3O.C8H9ClO.2CH2O/c1-3-12-17-11(13(19)16-2)7-18(12)10-5-8(14)4-9(15)6-10;1-6-5-7(10-2)3-4-8(6)9;2*1-2/h4-7H,3H2,1-2H3,(H,16,19);3-5H,1-2H3;2*1H2. The molecule has 2 aromatic carbocycles. The van der Waals surface area contributed by atoms with Crippen LogP contribution in [-0.4, -0.2) is 43.2 Å². The van der Waals surface area contributed by atoms with Crippen molar-refractivity contribution in [3.63, 3.8) is 0 Å². The first-order valence-corrected chi connectivity index (χ1v) is 9.81. The molecule has 0 saturated carbocycles. The van der Waals surface area contributed by atoms with Crippen molar-refractivity contribution in [3.05, 3.63) is 76.3 Å². The summed E-state index contributed by atoms with van der Waals surface area (Å²) in [6.07, 6.45) is 2.00. The second-order valence-corrected chi connectivity index (χ2v) is 6.50. The molecule has 3 rings (SSSR count). The number of amides is 1. The summed E-state index contributed by atoms with van der Waals surface area (Å²) in [6, 6.07) is 8.76. The Morgan fingerprint density at radius 1 is 1.12 bits per heavy atom. The molecule has 3 aromatic rings. The number of ether oxygens (including phenoxy) is 1. The van der Waals surface area contributed by atoms with Crippen molar-refractivity contribution in [2.75, 3.05) is 14.2 Å². The fraction of sp³-hybridized carbons (Fsp3) is 0.217. The molecule has 0 saturated heterocycles. The van der Waals surface area contributed by atoms with Crippen LogP contribution in [0.4, 0.5) is 8.78 Å². The van der Waals surface area contributed by atoms with Gasteiger partial charge >= 0.3 is 0 Å². The molecule has 0 aliphatic carbocycles. The van der Waals surface area contributed by atoms with E-state index in [4.69, 9.17) is 25.9 Å². The lowest BCUT2D eigenvalue weighted by Crippen LogP contribution is -2.18. The molecule has 0 radical (unpaired) electrons. The molecule has 1 aromatic heterocycles. The number of nitrogens with zero attached hydrogens (tertiary/aromatic N) is 2. The molecule has 0 spiro atoms. The van der Waals surface area contributed by atoms with Crippen molar-refractivity contribution in [2.24, 2.45) is 0 Å². The van der Waals surface area contributed by atoms with E-state index in [2.05, 4.69) is 10.3 Å². The van der Waals surface area contributed by atoms with Crippen LogP contribution in [0.5, 0.6) is 5.75 Å². The minimum Gasteiger partial charge on any atom is -0.497 e. The fourth-order valence-electron chi connectivity index (χ4n) is 2.55. The Morgan fingerprint density at radius 2 is 1.70 bits per heavy atom. The summed E-state index contributed by atoms with van der Waals surface area (Å²) < 4.78 is 33.0. The highest BCUT2D eigenvalue weighted by Crippen LogP contribution is 2.20. The van der Waals surface area contributed by atoms with Gasteiger partial charge in [-0.2, -0.15) is 0 Å².